The highest BCUT2D eigenvalue weighted by Crippen LogP contribution is 2.36. The van der Waals surface area contributed by atoms with Crippen LogP contribution >= 0.6 is 27.7 Å². The van der Waals surface area contributed by atoms with E-state index in [2.05, 4.69) is 35.8 Å². The number of hydrogen-bond donors (Lipinski definition) is 0. The van der Waals surface area contributed by atoms with Crippen molar-refractivity contribution in [1.82, 2.24) is 4.90 Å². The van der Waals surface area contributed by atoms with Gasteiger partial charge in [-0.1, -0.05) is 55.8 Å². The first-order chi connectivity index (χ1) is 17.3. The van der Waals surface area contributed by atoms with Crippen LogP contribution in [0.5, 0.6) is 5.75 Å². The lowest BCUT2D eigenvalue weighted by Crippen LogP contribution is -2.32. The van der Waals surface area contributed by atoms with Gasteiger partial charge in [0.1, 0.15) is 12.4 Å². The molecule has 0 atom stereocenters. The van der Waals surface area contributed by atoms with Crippen LogP contribution in [0.2, 0.25) is 0 Å². The first-order valence-corrected chi connectivity index (χ1v) is 13.2. The van der Waals surface area contributed by atoms with Gasteiger partial charge in [-0.25, -0.2) is 4.99 Å². The van der Waals surface area contributed by atoms with Gasteiger partial charge in [-0.3, -0.25) is 9.69 Å². The first kappa shape index (κ1) is 25.7. The molecule has 1 saturated heterocycles. The van der Waals surface area contributed by atoms with Crippen LogP contribution in [0.15, 0.2) is 81.1 Å². The predicted octanol–water partition coefficient (Wildman–Crippen LogP) is 7.47. The highest BCUT2D eigenvalue weighted by Gasteiger charge is 2.33. The standard InChI is InChI=1S/C29H26BrN3O2S/c1-19(2)17-33-28(34)27(36-29(33)32-24-11-8-20(3)9-12-24)15-21-10-13-26(25(30)14-21)35-18-23-7-5-4-6-22(23)16-31/h4-15,19H,17-18H2,1-3H3/b27-15+,32-29?. The molecule has 4 rings (SSSR count). The maximum absolute atomic E-state index is 13.3. The number of carbonyl (C=O) groups excluding carboxylic acids is 1. The van der Waals surface area contributed by atoms with E-state index in [1.54, 1.807) is 11.0 Å². The van der Waals surface area contributed by atoms with Crippen molar-refractivity contribution in [2.75, 3.05) is 6.54 Å². The van der Waals surface area contributed by atoms with Crippen LogP contribution in [-0.2, 0) is 11.4 Å². The number of amidine groups is 1. The van der Waals surface area contributed by atoms with Crippen molar-refractivity contribution in [2.45, 2.75) is 27.4 Å². The summed E-state index contributed by atoms with van der Waals surface area (Å²) in [5.74, 6) is 0.941. The molecule has 3 aromatic rings. The van der Waals surface area contributed by atoms with Gasteiger partial charge in [0.15, 0.2) is 5.17 Å². The lowest BCUT2D eigenvalue weighted by molar-refractivity contribution is -0.122. The minimum absolute atomic E-state index is 0.0379. The summed E-state index contributed by atoms with van der Waals surface area (Å²) >= 11 is 4.98. The van der Waals surface area contributed by atoms with Crippen LogP contribution in [0.4, 0.5) is 5.69 Å². The van der Waals surface area contributed by atoms with Crippen LogP contribution in [0.25, 0.3) is 6.08 Å². The van der Waals surface area contributed by atoms with Gasteiger partial charge in [0.2, 0.25) is 0 Å². The average Bonchev–Trinajstić information content (AvgIpc) is 3.13. The van der Waals surface area contributed by atoms with Gasteiger partial charge in [0.25, 0.3) is 5.91 Å². The normalized spacial score (nSPS) is 15.7. The molecular weight excluding hydrogens is 534 g/mol. The fraction of sp³-hybridized carbons (Fsp3) is 0.207. The fourth-order valence-corrected chi connectivity index (χ4v) is 5.15. The maximum Gasteiger partial charge on any atom is 0.266 e. The van der Waals surface area contributed by atoms with E-state index in [9.17, 15) is 10.1 Å². The number of ether oxygens (including phenoxy) is 1. The summed E-state index contributed by atoms with van der Waals surface area (Å²) < 4.78 is 6.72. The zero-order valence-corrected chi connectivity index (χ0v) is 22.8. The number of hydrogen-bond acceptors (Lipinski definition) is 5. The molecule has 3 aromatic carbocycles. The Hall–Kier alpha value is -3.34. The number of halogens is 1. The average molecular weight is 561 g/mol. The lowest BCUT2D eigenvalue weighted by Gasteiger charge is -2.17. The molecule has 0 spiro atoms. The monoisotopic (exact) mass is 559 g/mol. The molecule has 0 aromatic heterocycles. The molecule has 1 fully saturated rings. The summed E-state index contributed by atoms with van der Waals surface area (Å²) in [5.41, 5.74) is 4.30. The van der Waals surface area contributed by atoms with E-state index < -0.39 is 0 Å². The molecule has 0 saturated carbocycles. The van der Waals surface area contributed by atoms with Gasteiger partial charge >= 0.3 is 0 Å². The van der Waals surface area contributed by atoms with Gasteiger partial charge in [-0.2, -0.15) is 5.26 Å². The highest BCUT2D eigenvalue weighted by molar-refractivity contribution is 9.10. The summed E-state index contributed by atoms with van der Waals surface area (Å²) in [6, 6.07) is 23.2. The number of nitriles is 1. The Labute approximate surface area is 224 Å². The van der Waals surface area contributed by atoms with Crippen molar-refractivity contribution in [1.29, 1.82) is 5.26 Å². The summed E-state index contributed by atoms with van der Waals surface area (Å²) in [6.07, 6.45) is 1.89. The second-order valence-electron chi connectivity index (χ2n) is 8.90. The predicted molar refractivity (Wildman–Crippen MR) is 150 cm³/mol. The molecule has 0 radical (unpaired) electrons. The Morgan fingerprint density at radius 2 is 1.89 bits per heavy atom. The lowest BCUT2D eigenvalue weighted by atomic mass is 10.1. The molecule has 36 heavy (non-hydrogen) atoms. The van der Waals surface area contributed by atoms with Crippen molar-refractivity contribution in [3.05, 3.63) is 98.4 Å². The number of carbonyl (C=O) groups is 1. The molecule has 1 aliphatic rings. The molecule has 0 bridgehead atoms. The van der Waals surface area contributed by atoms with Gasteiger partial charge in [0.05, 0.1) is 26.7 Å². The summed E-state index contributed by atoms with van der Waals surface area (Å²) in [5, 5.41) is 9.97. The third-order valence-corrected chi connectivity index (χ3v) is 7.10. The second kappa shape index (κ2) is 11.6. The Balaban J connectivity index is 1.54. The van der Waals surface area contributed by atoms with Crippen molar-refractivity contribution >= 4 is 50.5 Å². The van der Waals surface area contributed by atoms with Crippen LogP contribution < -0.4 is 4.74 Å². The Bertz CT molecular complexity index is 1370. The van der Waals surface area contributed by atoms with Crippen LogP contribution in [-0.4, -0.2) is 22.5 Å². The van der Waals surface area contributed by atoms with E-state index in [1.165, 1.54) is 17.3 Å². The Morgan fingerprint density at radius 3 is 2.58 bits per heavy atom. The largest absolute Gasteiger partial charge is 0.488 e. The van der Waals surface area contributed by atoms with E-state index in [-0.39, 0.29) is 5.91 Å². The zero-order valence-electron chi connectivity index (χ0n) is 20.4. The molecule has 0 aliphatic carbocycles. The third kappa shape index (κ3) is 6.26. The Kier molecular flexibility index (Phi) is 8.29. The van der Waals surface area contributed by atoms with Gasteiger partial charge in [-0.15, -0.1) is 0 Å². The molecule has 1 heterocycles. The van der Waals surface area contributed by atoms with E-state index in [0.29, 0.717) is 40.5 Å². The van der Waals surface area contributed by atoms with Crippen molar-refractivity contribution in [3.63, 3.8) is 0 Å². The smallest absolute Gasteiger partial charge is 0.266 e. The minimum atomic E-state index is -0.0379. The number of aryl methyl sites for hydroxylation is 1. The van der Waals surface area contributed by atoms with Crippen molar-refractivity contribution in [3.8, 4) is 11.8 Å². The van der Waals surface area contributed by atoms with E-state index in [1.807, 2.05) is 73.7 Å². The first-order valence-electron chi connectivity index (χ1n) is 11.6. The summed E-state index contributed by atoms with van der Waals surface area (Å²) in [6.45, 7) is 7.12. The molecule has 5 nitrogen and oxygen atoms in total. The molecule has 182 valence electrons. The number of benzene rings is 3. The number of rotatable bonds is 7. The molecule has 0 N–H and O–H groups in total. The number of amides is 1. The van der Waals surface area contributed by atoms with Crippen molar-refractivity contribution in [2.24, 2.45) is 10.9 Å². The zero-order chi connectivity index (χ0) is 25.7. The minimum Gasteiger partial charge on any atom is -0.488 e. The van der Waals surface area contributed by atoms with E-state index in [0.717, 1.165) is 21.3 Å². The second-order valence-corrected chi connectivity index (χ2v) is 10.8. The number of thioether (sulfide) groups is 1. The van der Waals surface area contributed by atoms with E-state index in [4.69, 9.17) is 9.73 Å². The number of nitrogens with zero attached hydrogens (tertiary/aromatic N) is 3. The van der Waals surface area contributed by atoms with Crippen LogP contribution in [0, 0.1) is 24.2 Å². The third-order valence-electron chi connectivity index (χ3n) is 5.47. The molecule has 0 unspecified atom stereocenters. The Morgan fingerprint density at radius 1 is 1.14 bits per heavy atom. The quantitative estimate of drug-likeness (QED) is 0.281. The van der Waals surface area contributed by atoms with Gasteiger partial charge in [-0.05, 0) is 82.5 Å². The molecule has 7 heteroatoms. The van der Waals surface area contributed by atoms with E-state index >= 15 is 0 Å². The molecule has 1 amide bonds. The van der Waals surface area contributed by atoms with Crippen LogP contribution in [0.3, 0.4) is 0 Å². The molecular formula is C29H26BrN3O2S. The SMILES string of the molecule is Cc1ccc(N=C2S/C(=C/c3ccc(OCc4ccccc4C#N)c(Br)c3)C(=O)N2CC(C)C)cc1. The number of aliphatic imine (C=N–C) groups is 1. The topological polar surface area (TPSA) is 65.7 Å². The molecule has 1 aliphatic heterocycles. The summed E-state index contributed by atoms with van der Waals surface area (Å²) in [7, 11) is 0. The van der Waals surface area contributed by atoms with Gasteiger partial charge < -0.3 is 4.74 Å². The van der Waals surface area contributed by atoms with Gasteiger partial charge in [0, 0.05) is 12.1 Å². The van der Waals surface area contributed by atoms with Crippen molar-refractivity contribution < 1.29 is 9.53 Å². The van der Waals surface area contributed by atoms with Crippen LogP contribution in [0.1, 0.15) is 36.1 Å². The fourth-order valence-electron chi connectivity index (χ4n) is 3.63. The highest BCUT2D eigenvalue weighted by atomic mass is 79.9. The summed E-state index contributed by atoms with van der Waals surface area (Å²) in [4.78, 5) is 20.4. The maximum atomic E-state index is 13.3.